The van der Waals surface area contributed by atoms with E-state index in [0.717, 1.165) is 12.1 Å². The highest BCUT2D eigenvalue weighted by molar-refractivity contribution is 6.42. The van der Waals surface area contributed by atoms with Gasteiger partial charge in [0.15, 0.2) is 0 Å². The van der Waals surface area contributed by atoms with Gasteiger partial charge in [-0.05, 0) is 23.8 Å². The Morgan fingerprint density at radius 2 is 1.61 bits per heavy atom. The van der Waals surface area contributed by atoms with Crippen molar-refractivity contribution in [2.24, 2.45) is 0 Å². The molecule has 1 aromatic rings. The van der Waals surface area contributed by atoms with Crippen LogP contribution in [0.25, 0.3) is 6.08 Å². The molecule has 1 aliphatic rings. The van der Waals surface area contributed by atoms with Crippen molar-refractivity contribution < 1.29 is 32.2 Å². The zero-order valence-corrected chi connectivity index (χ0v) is 13.3. The summed E-state index contributed by atoms with van der Waals surface area (Å²) in [6, 6.07) is 1.76. The van der Waals surface area contributed by atoms with Gasteiger partial charge in [-0.25, -0.2) is 9.59 Å². The average molecular weight is 369 g/mol. The van der Waals surface area contributed by atoms with E-state index < -0.39 is 40.1 Å². The molecule has 0 aromatic heterocycles. The van der Waals surface area contributed by atoms with E-state index in [2.05, 4.69) is 0 Å². The highest BCUT2D eigenvalue weighted by Crippen LogP contribution is 2.39. The van der Waals surface area contributed by atoms with Gasteiger partial charge in [0.25, 0.3) is 5.79 Å². The molecular weight excluding hydrogens is 360 g/mol. The second kappa shape index (κ2) is 5.72. The number of hydrogen-bond donors (Lipinski definition) is 0. The number of rotatable bonds is 1. The topological polar surface area (TPSA) is 52.6 Å². The highest BCUT2D eigenvalue weighted by atomic mass is 35.5. The minimum atomic E-state index is -4.75. The molecule has 0 spiro atoms. The molecule has 1 heterocycles. The summed E-state index contributed by atoms with van der Waals surface area (Å²) in [7, 11) is 0. The first kappa shape index (κ1) is 17.6. The molecule has 0 atom stereocenters. The lowest BCUT2D eigenvalue weighted by atomic mass is 10.1. The summed E-state index contributed by atoms with van der Waals surface area (Å²) in [5.74, 6) is -3.46. The molecule has 0 N–H and O–H groups in total. The lowest BCUT2D eigenvalue weighted by Crippen LogP contribution is -2.41. The molecular formula is C14H9Cl2F3O4. The van der Waals surface area contributed by atoms with Crippen LogP contribution >= 0.6 is 23.2 Å². The Balaban J connectivity index is 2.50. The van der Waals surface area contributed by atoms with Crippen molar-refractivity contribution in [2.75, 3.05) is 0 Å². The zero-order chi connectivity index (χ0) is 17.6. The molecule has 1 saturated heterocycles. The third-order valence-corrected chi connectivity index (χ3v) is 3.59. The van der Waals surface area contributed by atoms with E-state index in [1.165, 1.54) is 13.8 Å². The summed E-state index contributed by atoms with van der Waals surface area (Å²) in [4.78, 5) is 23.6. The summed E-state index contributed by atoms with van der Waals surface area (Å²) in [5, 5.41) is -1.04. The van der Waals surface area contributed by atoms with Gasteiger partial charge in [0, 0.05) is 13.8 Å². The molecule has 1 fully saturated rings. The van der Waals surface area contributed by atoms with Crippen molar-refractivity contribution in [3.8, 4) is 0 Å². The van der Waals surface area contributed by atoms with Gasteiger partial charge in [0.05, 0.1) is 15.6 Å². The Morgan fingerprint density at radius 3 is 2.09 bits per heavy atom. The second-order valence-corrected chi connectivity index (χ2v) is 5.88. The number of ether oxygens (including phenoxy) is 2. The molecule has 0 bridgehead atoms. The summed E-state index contributed by atoms with van der Waals surface area (Å²) in [5.41, 5.74) is -1.87. The first-order valence-corrected chi connectivity index (χ1v) is 6.91. The Kier molecular flexibility index (Phi) is 4.38. The van der Waals surface area contributed by atoms with E-state index in [1.807, 2.05) is 0 Å². The Morgan fingerprint density at radius 1 is 1.09 bits per heavy atom. The number of cyclic esters (lactones) is 2. The lowest BCUT2D eigenvalue weighted by Gasteiger charge is -2.29. The standard InChI is InChI=1S/C14H9Cl2F3O4/c1-13(2)22-11(20)7(12(21)23-13)3-6-4-8(14(17,18)19)10(16)9(15)5-6/h3-5H,1-2H3. The van der Waals surface area contributed by atoms with E-state index in [-0.39, 0.29) is 10.6 Å². The molecule has 0 radical (unpaired) electrons. The highest BCUT2D eigenvalue weighted by Gasteiger charge is 2.39. The number of esters is 2. The third-order valence-electron chi connectivity index (χ3n) is 2.78. The summed E-state index contributed by atoms with van der Waals surface area (Å²) < 4.78 is 48.4. The van der Waals surface area contributed by atoms with Gasteiger partial charge in [0.1, 0.15) is 5.57 Å². The number of carbonyl (C=O) groups is 2. The quantitative estimate of drug-likeness (QED) is 0.422. The maximum atomic E-state index is 12.9. The minimum absolute atomic E-state index is 0.143. The van der Waals surface area contributed by atoms with Crippen LogP contribution in [0.15, 0.2) is 17.7 Å². The van der Waals surface area contributed by atoms with Crippen LogP contribution in [0.5, 0.6) is 0 Å². The van der Waals surface area contributed by atoms with Crippen molar-refractivity contribution in [3.05, 3.63) is 38.9 Å². The Hall–Kier alpha value is -1.73. The van der Waals surface area contributed by atoms with Crippen LogP contribution in [0.1, 0.15) is 25.0 Å². The van der Waals surface area contributed by atoms with Crippen molar-refractivity contribution >= 4 is 41.2 Å². The van der Waals surface area contributed by atoms with Crippen LogP contribution in [0.3, 0.4) is 0 Å². The van der Waals surface area contributed by atoms with Gasteiger partial charge >= 0.3 is 18.1 Å². The van der Waals surface area contributed by atoms with Gasteiger partial charge in [0.2, 0.25) is 0 Å². The molecule has 4 nitrogen and oxygen atoms in total. The molecule has 124 valence electrons. The molecule has 0 saturated carbocycles. The van der Waals surface area contributed by atoms with E-state index in [0.29, 0.717) is 6.07 Å². The summed E-state index contributed by atoms with van der Waals surface area (Å²) in [6.07, 6.45) is -3.85. The zero-order valence-electron chi connectivity index (χ0n) is 11.8. The predicted octanol–water partition coefficient (Wildman–Crippen LogP) is 4.23. The Bertz CT molecular complexity index is 701. The smallest absolute Gasteiger partial charge is 0.417 e. The number of hydrogen-bond acceptors (Lipinski definition) is 4. The van der Waals surface area contributed by atoms with Gasteiger partial charge < -0.3 is 9.47 Å². The van der Waals surface area contributed by atoms with Gasteiger partial charge in [-0.2, -0.15) is 13.2 Å². The van der Waals surface area contributed by atoms with E-state index >= 15 is 0 Å². The van der Waals surface area contributed by atoms with Crippen LogP contribution in [-0.2, 0) is 25.2 Å². The molecule has 0 aliphatic carbocycles. The largest absolute Gasteiger partial charge is 0.419 e. The number of benzene rings is 1. The fourth-order valence-corrected chi connectivity index (χ4v) is 2.29. The number of carbonyl (C=O) groups excluding carboxylic acids is 2. The summed E-state index contributed by atoms with van der Waals surface area (Å²) >= 11 is 11.2. The Labute approximate surface area is 138 Å². The van der Waals surface area contributed by atoms with Crippen LogP contribution < -0.4 is 0 Å². The third kappa shape index (κ3) is 3.79. The van der Waals surface area contributed by atoms with Crippen LogP contribution in [0.2, 0.25) is 10.0 Å². The van der Waals surface area contributed by atoms with E-state index in [4.69, 9.17) is 32.7 Å². The maximum Gasteiger partial charge on any atom is 0.417 e. The first-order valence-electron chi connectivity index (χ1n) is 6.15. The molecule has 1 aliphatic heterocycles. The molecule has 9 heteroatoms. The molecule has 23 heavy (non-hydrogen) atoms. The summed E-state index contributed by atoms with van der Waals surface area (Å²) in [6.45, 7) is 2.70. The fourth-order valence-electron chi connectivity index (χ4n) is 1.84. The van der Waals surface area contributed by atoms with E-state index in [9.17, 15) is 22.8 Å². The first-order chi connectivity index (χ1) is 10.4. The van der Waals surface area contributed by atoms with Crippen molar-refractivity contribution in [1.82, 2.24) is 0 Å². The maximum absolute atomic E-state index is 12.9. The average Bonchev–Trinajstić information content (AvgIpc) is 2.35. The monoisotopic (exact) mass is 368 g/mol. The molecule has 0 unspecified atom stereocenters. The van der Waals surface area contributed by atoms with Crippen LogP contribution in [-0.4, -0.2) is 17.7 Å². The SMILES string of the molecule is CC1(C)OC(=O)C(=Cc2cc(Cl)c(Cl)c(C(F)(F)F)c2)C(=O)O1. The molecule has 2 rings (SSSR count). The second-order valence-electron chi connectivity index (χ2n) is 5.10. The normalized spacial score (nSPS) is 17.6. The van der Waals surface area contributed by atoms with Gasteiger partial charge in [-0.3, -0.25) is 0 Å². The molecule has 0 amide bonds. The number of halogens is 5. The fraction of sp³-hybridized carbons (Fsp3) is 0.286. The van der Waals surface area contributed by atoms with E-state index in [1.54, 1.807) is 0 Å². The van der Waals surface area contributed by atoms with Crippen molar-refractivity contribution in [3.63, 3.8) is 0 Å². The van der Waals surface area contributed by atoms with Crippen molar-refractivity contribution in [1.29, 1.82) is 0 Å². The number of alkyl halides is 3. The van der Waals surface area contributed by atoms with Gasteiger partial charge in [-0.15, -0.1) is 0 Å². The molecule has 1 aromatic carbocycles. The predicted molar refractivity (Wildman–Crippen MR) is 75.7 cm³/mol. The lowest BCUT2D eigenvalue weighted by molar-refractivity contribution is -0.222. The van der Waals surface area contributed by atoms with Gasteiger partial charge in [-0.1, -0.05) is 23.2 Å². The minimum Gasteiger partial charge on any atom is -0.419 e. The van der Waals surface area contributed by atoms with Crippen LogP contribution in [0, 0.1) is 0 Å². The van der Waals surface area contributed by atoms with Crippen LogP contribution in [0.4, 0.5) is 13.2 Å². The van der Waals surface area contributed by atoms with Crippen molar-refractivity contribution in [2.45, 2.75) is 25.8 Å².